The lowest BCUT2D eigenvalue weighted by molar-refractivity contribution is -0.144. The lowest BCUT2D eigenvalue weighted by Crippen LogP contribution is -2.28. The van der Waals surface area contributed by atoms with Gasteiger partial charge in [0.15, 0.2) is 5.79 Å². The first-order chi connectivity index (χ1) is 10.1. The van der Waals surface area contributed by atoms with Crippen LogP contribution in [0.3, 0.4) is 0 Å². The average molecular weight is 327 g/mol. The molecule has 1 aliphatic rings. The molecule has 0 amide bonds. The van der Waals surface area contributed by atoms with E-state index in [-0.39, 0.29) is 0 Å². The van der Waals surface area contributed by atoms with Gasteiger partial charge >= 0.3 is 0 Å². The highest BCUT2D eigenvalue weighted by Crippen LogP contribution is 2.30. The van der Waals surface area contributed by atoms with Crippen LogP contribution in [0.4, 0.5) is 5.82 Å². The van der Waals surface area contributed by atoms with Gasteiger partial charge in [-0.25, -0.2) is 4.98 Å². The maximum atomic E-state index is 6.20. The van der Waals surface area contributed by atoms with Gasteiger partial charge in [0, 0.05) is 18.4 Å². The van der Waals surface area contributed by atoms with Crippen molar-refractivity contribution in [2.45, 2.75) is 19.1 Å². The highest BCUT2D eigenvalue weighted by molar-refractivity contribution is 6.45. The van der Waals surface area contributed by atoms with Crippen molar-refractivity contribution in [2.75, 3.05) is 25.1 Å². The number of anilines is 1. The number of nitrogens with one attached hydrogen (secondary N) is 1. The molecule has 3 rings (SSSR count). The van der Waals surface area contributed by atoms with Gasteiger partial charge in [-0.05, 0) is 25.1 Å². The minimum absolute atomic E-state index is 0.479. The van der Waals surface area contributed by atoms with Crippen LogP contribution in [0.1, 0.15) is 13.3 Å². The van der Waals surface area contributed by atoms with Crippen LogP contribution < -0.4 is 5.32 Å². The summed E-state index contributed by atoms with van der Waals surface area (Å²) >= 11 is 12.2. The molecule has 0 atom stereocenters. The van der Waals surface area contributed by atoms with Crippen LogP contribution >= 0.6 is 23.2 Å². The van der Waals surface area contributed by atoms with Gasteiger partial charge in [0.2, 0.25) is 0 Å². The second-order valence-corrected chi connectivity index (χ2v) is 5.92. The molecule has 1 saturated heterocycles. The summed E-state index contributed by atoms with van der Waals surface area (Å²) in [5.74, 6) is 0.262. The summed E-state index contributed by atoms with van der Waals surface area (Å²) in [5, 5.41) is 5.21. The van der Waals surface area contributed by atoms with Crippen LogP contribution in [0.15, 0.2) is 24.3 Å². The number of pyridine rings is 1. The summed E-state index contributed by atoms with van der Waals surface area (Å²) in [6, 6.07) is 7.57. The van der Waals surface area contributed by atoms with E-state index in [1.807, 2.05) is 25.1 Å². The first kappa shape index (κ1) is 14.9. The fourth-order valence-corrected chi connectivity index (χ4v) is 2.71. The van der Waals surface area contributed by atoms with Gasteiger partial charge in [-0.15, -0.1) is 0 Å². The van der Waals surface area contributed by atoms with E-state index in [9.17, 15) is 0 Å². The summed E-state index contributed by atoms with van der Waals surface area (Å²) in [7, 11) is 0. The van der Waals surface area contributed by atoms with Crippen molar-refractivity contribution < 1.29 is 9.47 Å². The molecule has 1 aromatic heterocycles. The molecule has 0 spiro atoms. The number of fused-ring (bicyclic) bond motifs is 1. The molecular formula is C15H16Cl2N2O2. The Balaban J connectivity index is 1.71. The first-order valence-electron chi connectivity index (χ1n) is 6.84. The number of nitrogens with zero attached hydrogens (tertiary/aromatic N) is 1. The molecule has 1 aliphatic heterocycles. The van der Waals surface area contributed by atoms with Crippen LogP contribution in [0.2, 0.25) is 10.0 Å². The van der Waals surface area contributed by atoms with Gasteiger partial charge in [0.1, 0.15) is 5.82 Å². The molecule has 0 bridgehead atoms. The van der Waals surface area contributed by atoms with Crippen LogP contribution in [0.5, 0.6) is 0 Å². The molecule has 0 unspecified atom stereocenters. The standard InChI is InChI=1S/C15H16Cl2N2O2/c1-15(20-8-9-21-15)6-7-18-12-5-3-10-2-4-11(16)13(17)14(10)19-12/h2-5H,6-9H2,1H3,(H,18,19). The predicted octanol–water partition coefficient (Wildman–Crippen LogP) is 4.11. The Kier molecular flexibility index (Phi) is 4.22. The Morgan fingerprint density at radius 2 is 1.90 bits per heavy atom. The number of ether oxygens (including phenoxy) is 2. The maximum absolute atomic E-state index is 6.20. The molecular weight excluding hydrogens is 311 g/mol. The Morgan fingerprint density at radius 3 is 2.67 bits per heavy atom. The Labute approximate surface area is 133 Å². The second-order valence-electron chi connectivity index (χ2n) is 5.14. The largest absolute Gasteiger partial charge is 0.370 e. The quantitative estimate of drug-likeness (QED) is 0.918. The Morgan fingerprint density at radius 1 is 1.19 bits per heavy atom. The van der Waals surface area contributed by atoms with E-state index in [0.717, 1.165) is 17.6 Å². The van der Waals surface area contributed by atoms with Crippen LogP contribution in [0, 0.1) is 0 Å². The van der Waals surface area contributed by atoms with Crippen molar-refractivity contribution >= 4 is 39.9 Å². The number of benzene rings is 1. The molecule has 0 aliphatic carbocycles. The van der Waals surface area contributed by atoms with Crippen molar-refractivity contribution in [3.05, 3.63) is 34.3 Å². The minimum atomic E-state index is -0.495. The van der Waals surface area contributed by atoms with E-state index in [0.29, 0.717) is 35.3 Å². The third kappa shape index (κ3) is 3.24. The maximum Gasteiger partial charge on any atom is 0.167 e. The van der Waals surface area contributed by atoms with Crippen LogP contribution in [-0.4, -0.2) is 30.5 Å². The molecule has 0 saturated carbocycles. The highest BCUT2D eigenvalue weighted by Gasteiger charge is 2.30. The van der Waals surface area contributed by atoms with Gasteiger partial charge in [0.05, 0.1) is 28.8 Å². The normalized spacial score (nSPS) is 17.3. The fourth-order valence-electron chi connectivity index (χ4n) is 2.35. The van der Waals surface area contributed by atoms with Crippen LogP contribution in [0.25, 0.3) is 10.9 Å². The van der Waals surface area contributed by atoms with Gasteiger partial charge < -0.3 is 14.8 Å². The Hall–Kier alpha value is -1.07. The monoisotopic (exact) mass is 326 g/mol. The highest BCUT2D eigenvalue weighted by atomic mass is 35.5. The minimum Gasteiger partial charge on any atom is -0.370 e. The van der Waals surface area contributed by atoms with E-state index in [1.165, 1.54) is 0 Å². The number of rotatable bonds is 4. The number of halogens is 2. The molecule has 0 radical (unpaired) electrons. The zero-order valence-corrected chi connectivity index (χ0v) is 13.2. The van der Waals surface area contributed by atoms with E-state index >= 15 is 0 Å². The predicted molar refractivity (Wildman–Crippen MR) is 85.2 cm³/mol. The first-order valence-corrected chi connectivity index (χ1v) is 7.60. The van der Waals surface area contributed by atoms with Gasteiger partial charge in [-0.1, -0.05) is 29.3 Å². The molecule has 6 heteroatoms. The van der Waals surface area contributed by atoms with Gasteiger partial charge in [0.25, 0.3) is 0 Å². The lowest BCUT2D eigenvalue weighted by Gasteiger charge is -2.22. The van der Waals surface area contributed by atoms with Gasteiger partial charge in [-0.2, -0.15) is 0 Å². The lowest BCUT2D eigenvalue weighted by atomic mass is 10.2. The molecule has 1 fully saturated rings. The summed E-state index contributed by atoms with van der Waals surface area (Å²) < 4.78 is 11.1. The van der Waals surface area contributed by atoms with Crippen molar-refractivity contribution in [1.82, 2.24) is 4.98 Å². The summed E-state index contributed by atoms with van der Waals surface area (Å²) in [6.07, 6.45) is 0.746. The fraction of sp³-hybridized carbons (Fsp3) is 0.400. The number of aromatic nitrogens is 1. The van der Waals surface area contributed by atoms with Crippen LogP contribution in [-0.2, 0) is 9.47 Å². The average Bonchev–Trinajstić information content (AvgIpc) is 2.90. The molecule has 4 nitrogen and oxygen atoms in total. The SMILES string of the molecule is CC1(CCNc2ccc3ccc(Cl)c(Cl)c3n2)OCCO1. The summed E-state index contributed by atoms with van der Waals surface area (Å²) in [5.41, 5.74) is 0.703. The van der Waals surface area contributed by atoms with Gasteiger partial charge in [-0.3, -0.25) is 0 Å². The molecule has 2 heterocycles. The molecule has 1 N–H and O–H groups in total. The molecule has 2 aromatic rings. The summed E-state index contributed by atoms with van der Waals surface area (Å²) in [4.78, 5) is 4.51. The van der Waals surface area contributed by atoms with Crippen molar-refractivity contribution in [2.24, 2.45) is 0 Å². The molecule has 1 aromatic carbocycles. The van der Waals surface area contributed by atoms with Crippen molar-refractivity contribution in [3.8, 4) is 0 Å². The molecule has 21 heavy (non-hydrogen) atoms. The smallest absolute Gasteiger partial charge is 0.167 e. The van der Waals surface area contributed by atoms with E-state index in [4.69, 9.17) is 32.7 Å². The van der Waals surface area contributed by atoms with Crippen molar-refractivity contribution in [1.29, 1.82) is 0 Å². The van der Waals surface area contributed by atoms with E-state index < -0.39 is 5.79 Å². The van der Waals surface area contributed by atoms with E-state index in [2.05, 4.69) is 10.3 Å². The zero-order valence-electron chi connectivity index (χ0n) is 11.7. The zero-order chi connectivity index (χ0) is 14.9. The second kappa shape index (κ2) is 5.97. The number of hydrogen-bond donors (Lipinski definition) is 1. The molecule has 112 valence electrons. The number of hydrogen-bond acceptors (Lipinski definition) is 4. The summed E-state index contributed by atoms with van der Waals surface area (Å²) in [6.45, 7) is 3.96. The Bertz CT molecular complexity index is 657. The topological polar surface area (TPSA) is 43.4 Å². The van der Waals surface area contributed by atoms with E-state index in [1.54, 1.807) is 6.07 Å². The van der Waals surface area contributed by atoms with Crippen molar-refractivity contribution in [3.63, 3.8) is 0 Å². The third-order valence-corrected chi connectivity index (χ3v) is 4.33. The third-order valence-electron chi connectivity index (χ3n) is 3.54.